The van der Waals surface area contributed by atoms with E-state index in [9.17, 15) is 9.18 Å². The van der Waals surface area contributed by atoms with E-state index in [-0.39, 0.29) is 17.4 Å². The van der Waals surface area contributed by atoms with Crippen molar-refractivity contribution in [2.75, 3.05) is 5.75 Å². The van der Waals surface area contributed by atoms with Gasteiger partial charge in [0.25, 0.3) is 5.22 Å². The van der Waals surface area contributed by atoms with Crippen molar-refractivity contribution in [3.63, 3.8) is 0 Å². The van der Waals surface area contributed by atoms with Crippen LogP contribution in [0.5, 0.6) is 0 Å². The largest absolute Gasteiger partial charge is 0.411 e. The van der Waals surface area contributed by atoms with E-state index < -0.39 is 0 Å². The summed E-state index contributed by atoms with van der Waals surface area (Å²) in [5.74, 6) is 0.0596. The van der Waals surface area contributed by atoms with E-state index in [0.29, 0.717) is 16.7 Å². The Hall–Kier alpha value is -2.99. The smallest absolute Gasteiger partial charge is 0.277 e. The molecular formula is C20H13FN2O2S. The maximum Gasteiger partial charge on any atom is 0.277 e. The van der Waals surface area contributed by atoms with Crippen LogP contribution < -0.4 is 0 Å². The Bertz CT molecular complexity index is 1080. The van der Waals surface area contributed by atoms with Gasteiger partial charge in [-0.3, -0.25) is 4.79 Å². The normalized spacial score (nSPS) is 11.0. The van der Waals surface area contributed by atoms with Gasteiger partial charge in [-0.1, -0.05) is 42.1 Å². The Morgan fingerprint density at radius 1 is 0.962 bits per heavy atom. The van der Waals surface area contributed by atoms with Crippen molar-refractivity contribution in [2.45, 2.75) is 5.22 Å². The molecule has 4 nitrogen and oxygen atoms in total. The number of hydrogen-bond acceptors (Lipinski definition) is 5. The number of nitrogens with zero attached hydrogens (tertiary/aromatic N) is 2. The third-order valence-electron chi connectivity index (χ3n) is 3.90. The predicted octanol–water partition coefficient (Wildman–Crippen LogP) is 5.00. The van der Waals surface area contributed by atoms with Crippen LogP contribution >= 0.6 is 11.8 Å². The summed E-state index contributed by atoms with van der Waals surface area (Å²) < 4.78 is 18.6. The highest BCUT2D eigenvalue weighted by Gasteiger charge is 2.13. The number of carbonyl (C=O) groups excluding carboxylic acids is 1. The van der Waals surface area contributed by atoms with Gasteiger partial charge < -0.3 is 4.42 Å². The zero-order chi connectivity index (χ0) is 17.9. The second kappa shape index (κ2) is 7.09. The van der Waals surface area contributed by atoms with Gasteiger partial charge in [0.15, 0.2) is 5.78 Å². The van der Waals surface area contributed by atoms with E-state index in [0.717, 1.165) is 28.1 Å². The second-order valence-corrected chi connectivity index (χ2v) is 6.58. The molecule has 0 saturated carbocycles. The third kappa shape index (κ3) is 3.50. The fraction of sp³-hybridized carbons (Fsp3) is 0.0500. The molecule has 0 N–H and O–H groups in total. The van der Waals surface area contributed by atoms with Crippen LogP contribution in [-0.2, 0) is 0 Å². The lowest BCUT2D eigenvalue weighted by Crippen LogP contribution is -2.02. The summed E-state index contributed by atoms with van der Waals surface area (Å²) in [7, 11) is 0. The number of benzene rings is 3. The van der Waals surface area contributed by atoms with Gasteiger partial charge in [-0.25, -0.2) is 4.39 Å². The van der Waals surface area contributed by atoms with E-state index in [4.69, 9.17) is 4.42 Å². The molecule has 0 aliphatic rings. The molecule has 0 atom stereocenters. The molecule has 0 amide bonds. The SMILES string of the molecule is O=C(CSc1nnc(-c2ccc3ccccc3c2)o1)c1ccc(F)cc1. The average molecular weight is 364 g/mol. The molecule has 128 valence electrons. The molecular weight excluding hydrogens is 351 g/mol. The van der Waals surface area contributed by atoms with E-state index in [1.54, 1.807) is 0 Å². The molecule has 0 radical (unpaired) electrons. The molecule has 0 saturated heterocycles. The van der Waals surface area contributed by atoms with Crippen LogP contribution in [0.2, 0.25) is 0 Å². The number of Topliss-reactive ketones (excluding diaryl/α,β-unsaturated/α-hetero) is 1. The highest BCUT2D eigenvalue weighted by atomic mass is 32.2. The van der Waals surface area contributed by atoms with Crippen LogP contribution in [0.1, 0.15) is 10.4 Å². The van der Waals surface area contributed by atoms with Gasteiger partial charge in [-0.2, -0.15) is 0 Å². The first-order chi connectivity index (χ1) is 12.7. The number of carbonyl (C=O) groups is 1. The van der Waals surface area contributed by atoms with Crippen molar-refractivity contribution in [3.05, 3.63) is 78.1 Å². The van der Waals surface area contributed by atoms with E-state index >= 15 is 0 Å². The van der Waals surface area contributed by atoms with Gasteiger partial charge in [0, 0.05) is 11.1 Å². The van der Waals surface area contributed by atoms with Crippen molar-refractivity contribution in [1.82, 2.24) is 10.2 Å². The summed E-state index contributed by atoms with van der Waals surface area (Å²) >= 11 is 1.16. The lowest BCUT2D eigenvalue weighted by Gasteiger charge is -2.00. The standard InChI is InChI=1S/C20H13FN2O2S/c21-17-9-7-14(8-10-17)18(24)12-26-20-23-22-19(25-20)16-6-5-13-3-1-2-4-15(13)11-16/h1-11H,12H2. The maximum atomic E-state index is 12.9. The topological polar surface area (TPSA) is 56.0 Å². The highest BCUT2D eigenvalue weighted by Crippen LogP contribution is 2.26. The molecule has 4 rings (SSSR count). The summed E-state index contributed by atoms with van der Waals surface area (Å²) in [6, 6.07) is 19.4. The molecule has 0 spiro atoms. The van der Waals surface area contributed by atoms with Gasteiger partial charge in [-0.05, 0) is 47.2 Å². The molecule has 0 fully saturated rings. The van der Waals surface area contributed by atoms with Crippen LogP contribution in [0.15, 0.2) is 76.4 Å². The van der Waals surface area contributed by atoms with Crippen molar-refractivity contribution < 1.29 is 13.6 Å². The summed E-state index contributed by atoms with van der Waals surface area (Å²) in [6.45, 7) is 0. The molecule has 0 aliphatic carbocycles. The molecule has 4 aromatic rings. The maximum absolute atomic E-state index is 12.9. The second-order valence-electron chi connectivity index (χ2n) is 5.65. The Kier molecular flexibility index (Phi) is 4.50. The molecule has 0 bridgehead atoms. The first-order valence-corrected chi connectivity index (χ1v) is 8.92. The van der Waals surface area contributed by atoms with Gasteiger partial charge >= 0.3 is 0 Å². The number of rotatable bonds is 5. The van der Waals surface area contributed by atoms with Gasteiger partial charge in [-0.15, -0.1) is 10.2 Å². The van der Waals surface area contributed by atoms with Gasteiger partial charge in [0.1, 0.15) is 5.82 Å². The zero-order valence-electron chi connectivity index (χ0n) is 13.6. The van der Waals surface area contributed by atoms with Crippen molar-refractivity contribution >= 4 is 28.3 Å². The first kappa shape index (κ1) is 16.5. The van der Waals surface area contributed by atoms with Crippen LogP contribution in [-0.4, -0.2) is 21.7 Å². The van der Waals surface area contributed by atoms with E-state index in [2.05, 4.69) is 10.2 Å². The number of ketones is 1. The lowest BCUT2D eigenvalue weighted by atomic mass is 10.1. The van der Waals surface area contributed by atoms with Gasteiger partial charge in [0.05, 0.1) is 5.75 Å². The summed E-state index contributed by atoms with van der Waals surface area (Å²) in [5, 5.41) is 10.6. The minimum atomic E-state index is -0.369. The van der Waals surface area contributed by atoms with Crippen LogP contribution in [0.4, 0.5) is 4.39 Å². The Morgan fingerprint density at radius 3 is 2.54 bits per heavy atom. The Labute approximate surface area is 153 Å². The molecule has 1 heterocycles. The lowest BCUT2D eigenvalue weighted by molar-refractivity contribution is 0.102. The van der Waals surface area contributed by atoms with Crippen LogP contribution in [0.3, 0.4) is 0 Å². The number of hydrogen-bond donors (Lipinski definition) is 0. The van der Waals surface area contributed by atoms with E-state index in [1.807, 2.05) is 42.5 Å². The molecule has 6 heteroatoms. The monoisotopic (exact) mass is 364 g/mol. The Morgan fingerprint density at radius 2 is 1.73 bits per heavy atom. The number of thioether (sulfide) groups is 1. The summed E-state index contributed by atoms with van der Waals surface area (Å²) in [4.78, 5) is 12.1. The highest BCUT2D eigenvalue weighted by molar-refractivity contribution is 7.99. The fourth-order valence-corrected chi connectivity index (χ4v) is 3.21. The summed E-state index contributed by atoms with van der Waals surface area (Å²) in [5.41, 5.74) is 1.28. The number of halogens is 1. The average Bonchev–Trinajstić information content (AvgIpc) is 3.15. The molecule has 0 aliphatic heterocycles. The van der Waals surface area contributed by atoms with Crippen molar-refractivity contribution in [2.24, 2.45) is 0 Å². The van der Waals surface area contributed by atoms with Crippen LogP contribution in [0.25, 0.3) is 22.2 Å². The first-order valence-electron chi connectivity index (χ1n) is 7.93. The molecule has 0 unspecified atom stereocenters. The minimum Gasteiger partial charge on any atom is -0.411 e. The number of aromatic nitrogens is 2. The predicted molar refractivity (Wildman–Crippen MR) is 98.7 cm³/mol. The van der Waals surface area contributed by atoms with E-state index in [1.165, 1.54) is 24.3 Å². The molecule has 3 aromatic carbocycles. The Balaban J connectivity index is 1.47. The van der Waals surface area contributed by atoms with Crippen molar-refractivity contribution in [3.8, 4) is 11.5 Å². The number of fused-ring (bicyclic) bond motifs is 1. The molecule has 26 heavy (non-hydrogen) atoms. The third-order valence-corrected chi connectivity index (χ3v) is 4.71. The minimum absolute atomic E-state index is 0.125. The van der Waals surface area contributed by atoms with Crippen LogP contribution in [0, 0.1) is 5.82 Å². The molecule has 1 aromatic heterocycles. The van der Waals surface area contributed by atoms with Crippen molar-refractivity contribution in [1.29, 1.82) is 0 Å². The zero-order valence-corrected chi connectivity index (χ0v) is 14.4. The summed E-state index contributed by atoms with van der Waals surface area (Å²) in [6.07, 6.45) is 0. The quantitative estimate of drug-likeness (QED) is 0.368. The fourth-order valence-electron chi connectivity index (χ4n) is 2.55. The van der Waals surface area contributed by atoms with Gasteiger partial charge in [0.2, 0.25) is 5.89 Å².